The predicted molar refractivity (Wildman–Crippen MR) is 164 cm³/mol. The molecule has 1 N–H and O–H groups in total. The standard InChI is InChI=1S/C30H31Cl2N5O.ClH/c1-36(2)26-14-15-37(20-26)16-17-38-27-5-3-4-25(18-27)33-30-34-28(21-6-10-23(31)11-7-21)19-29(35-30)22-8-12-24(32)13-9-22;/h3-13,18-19,26H,14-17,20H2,1-2H3,(H,33,34,35);1H. The number of nitrogens with one attached hydrogen (secondary N) is 1. The van der Waals surface area contributed by atoms with Gasteiger partial charge in [-0.1, -0.05) is 53.5 Å². The monoisotopic (exact) mass is 583 g/mol. The van der Waals surface area contributed by atoms with Crippen LogP contribution in [0.25, 0.3) is 22.5 Å². The number of anilines is 2. The average molecular weight is 585 g/mol. The van der Waals surface area contributed by atoms with Gasteiger partial charge in [-0.3, -0.25) is 4.90 Å². The van der Waals surface area contributed by atoms with Crippen LogP contribution in [0, 0.1) is 0 Å². The topological polar surface area (TPSA) is 53.5 Å². The Hall–Kier alpha value is -2.87. The fraction of sp³-hybridized carbons (Fsp3) is 0.267. The molecule has 1 aliphatic heterocycles. The molecule has 1 fully saturated rings. The lowest BCUT2D eigenvalue weighted by Gasteiger charge is -2.20. The van der Waals surface area contributed by atoms with Gasteiger partial charge in [0.1, 0.15) is 12.4 Å². The number of aromatic nitrogens is 2. The quantitative estimate of drug-likeness (QED) is 0.223. The number of hydrogen-bond donors (Lipinski definition) is 1. The second-order valence-corrected chi connectivity index (χ2v) is 10.6. The molecule has 0 radical (unpaired) electrons. The lowest BCUT2D eigenvalue weighted by atomic mass is 10.1. The van der Waals surface area contributed by atoms with Crippen molar-refractivity contribution in [1.29, 1.82) is 0 Å². The van der Waals surface area contributed by atoms with E-state index < -0.39 is 0 Å². The molecule has 0 saturated carbocycles. The van der Waals surface area contributed by atoms with Crippen LogP contribution in [0.3, 0.4) is 0 Å². The van der Waals surface area contributed by atoms with E-state index in [0.717, 1.165) is 53.6 Å². The molecule has 0 aliphatic carbocycles. The van der Waals surface area contributed by atoms with Crippen molar-refractivity contribution in [2.24, 2.45) is 0 Å². The van der Waals surface area contributed by atoms with E-state index in [1.165, 1.54) is 6.42 Å². The molecule has 1 aliphatic rings. The number of likely N-dealkylation sites (tertiary alicyclic amines) is 1. The van der Waals surface area contributed by atoms with E-state index in [9.17, 15) is 0 Å². The minimum absolute atomic E-state index is 0. The Bertz CT molecular complexity index is 1300. The molecule has 1 saturated heterocycles. The molecule has 1 atom stereocenters. The SMILES string of the molecule is CN(C)C1CCN(CCOc2cccc(Nc3nc(-c4ccc(Cl)cc4)cc(-c4ccc(Cl)cc4)n3)c2)C1.Cl. The number of nitrogens with zero attached hydrogens (tertiary/aromatic N) is 4. The highest BCUT2D eigenvalue weighted by Crippen LogP contribution is 2.29. The second-order valence-electron chi connectivity index (χ2n) is 9.68. The first kappa shape index (κ1) is 29.1. The van der Waals surface area contributed by atoms with Crippen molar-refractivity contribution in [1.82, 2.24) is 19.8 Å². The number of benzene rings is 3. The van der Waals surface area contributed by atoms with E-state index in [1.54, 1.807) is 0 Å². The van der Waals surface area contributed by atoms with E-state index >= 15 is 0 Å². The van der Waals surface area contributed by atoms with Gasteiger partial charge in [0.25, 0.3) is 0 Å². The Kier molecular flexibility index (Phi) is 10.1. The molecule has 0 spiro atoms. The summed E-state index contributed by atoms with van der Waals surface area (Å²) in [6.07, 6.45) is 1.21. The van der Waals surface area contributed by atoms with Gasteiger partial charge >= 0.3 is 0 Å². The van der Waals surface area contributed by atoms with Crippen LogP contribution in [-0.2, 0) is 0 Å². The Labute approximate surface area is 246 Å². The molecule has 4 aromatic rings. The number of likely N-dealkylation sites (N-methyl/N-ethyl adjacent to an activating group) is 1. The summed E-state index contributed by atoms with van der Waals surface area (Å²) in [7, 11) is 4.30. The number of hydrogen-bond acceptors (Lipinski definition) is 6. The molecule has 204 valence electrons. The van der Waals surface area contributed by atoms with Crippen LogP contribution in [0.5, 0.6) is 5.75 Å². The van der Waals surface area contributed by atoms with Crippen LogP contribution >= 0.6 is 35.6 Å². The van der Waals surface area contributed by atoms with Crippen molar-refractivity contribution >= 4 is 47.2 Å². The molecule has 1 aromatic heterocycles. The van der Waals surface area contributed by atoms with Crippen molar-refractivity contribution < 1.29 is 4.74 Å². The van der Waals surface area contributed by atoms with Gasteiger partial charge in [-0.2, -0.15) is 0 Å². The molecule has 3 aromatic carbocycles. The smallest absolute Gasteiger partial charge is 0.228 e. The summed E-state index contributed by atoms with van der Waals surface area (Å²) >= 11 is 12.2. The average Bonchev–Trinajstić information content (AvgIpc) is 3.39. The zero-order valence-corrected chi connectivity index (χ0v) is 24.3. The van der Waals surface area contributed by atoms with Crippen LogP contribution in [-0.4, -0.2) is 66.1 Å². The van der Waals surface area contributed by atoms with Crippen LogP contribution in [0.4, 0.5) is 11.6 Å². The van der Waals surface area contributed by atoms with Crippen molar-refractivity contribution in [3.63, 3.8) is 0 Å². The minimum Gasteiger partial charge on any atom is -0.492 e. The maximum absolute atomic E-state index is 6.11. The highest BCUT2D eigenvalue weighted by atomic mass is 35.5. The van der Waals surface area contributed by atoms with E-state index in [-0.39, 0.29) is 12.4 Å². The summed E-state index contributed by atoms with van der Waals surface area (Å²) in [5, 5.41) is 4.72. The fourth-order valence-corrected chi connectivity index (χ4v) is 4.81. The summed E-state index contributed by atoms with van der Waals surface area (Å²) < 4.78 is 6.09. The van der Waals surface area contributed by atoms with Gasteiger partial charge in [0.05, 0.1) is 11.4 Å². The van der Waals surface area contributed by atoms with Crippen LogP contribution in [0.1, 0.15) is 6.42 Å². The first-order valence-electron chi connectivity index (χ1n) is 12.7. The molecule has 39 heavy (non-hydrogen) atoms. The van der Waals surface area contributed by atoms with Crippen molar-refractivity contribution in [3.8, 4) is 28.3 Å². The van der Waals surface area contributed by atoms with Crippen LogP contribution < -0.4 is 10.1 Å². The first-order chi connectivity index (χ1) is 18.4. The third kappa shape index (κ3) is 7.84. The largest absolute Gasteiger partial charge is 0.492 e. The first-order valence-corrected chi connectivity index (χ1v) is 13.5. The molecule has 1 unspecified atom stereocenters. The zero-order chi connectivity index (χ0) is 26.5. The maximum atomic E-state index is 6.11. The van der Waals surface area contributed by atoms with Gasteiger partial charge in [-0.15, -0.1) is 12.4 Å². The maximum Gasteiger partial charge on any atom is 0.228 e. The van der Waals surface area contributed by atoms with Crippen molar-refractivity contribution in [2.45, 2.75) is 12.5 Å². The summed E-state index contributed by atoms with van der Waals surface area (Å²) in [5.74, 6) is 1.30. The van der Waals surface area contributed by atoms with E-state index in [2.05, 4.69) is 29.2 Å². The summed E-state index contributed by atoms with van der Waals surface area (Å²) in [4.78, 5) is 14.4. The van der Waals surface area contributed by atoms with Gasteiger partial charge in [0.2, 0.25) is 5.95 Å². The Morgan fingerprint density at radius 1 is 0.897 bits per heavy atom. The molecule has 2 heterocycles. The van der Waals surface area contributed by atoms with Crippen LogP contribution in [0.2, 0.25) is 10.0 Å². The molecule has 9 heteroatoms. The highest BCUT2D eigenvalue weighted by molar-refractivity contribution is 6.30. The Morgan fingerprint density at radius 2 is 1.51 bits per heavy atom. The van der Waals surface area contributed by atoms with Crippen molar-refractivity contribution in [3.05, 3.63) is 88.9 Å². The molecular weight excluding hydrogens is 553 g/mol. The Morgan fingerprint density at radius 3 is 2.08 bits per heavy atom. The molecular formula is C30H32Cl3N5O. The minimum atomic E-state index is 0. The van der Waals surface area contributed by atoms with E-state index in [4.69, 9.17) is 37.9 Å². The summed E-state index contributed by atoms with van der Waals surface area (Å²) in [5.41, 5.74) is 4.33. The molecule has 6 nitrogen and oxygen atoms in total. The van der Waals surface area contributed by atoms with Gasteiger partial charge in [-0.05, 0) is 69.5 Å². The van der Waals surface area contributed by atoms with Gasteiger partial charge < -0.3 is 15.0 Å². The lowest BCUT2D eigenvalue weighted by Crippen LogP contribution is -2.33. The van der Waals surface area contributed by atoms with E-state index in [0.29, 0.717) is 28.6 Å². The predicted octanol–water partition coefficient (Wildman–Crippen LogP) is 7.30. The summed E-state index contributed by atoms with van der Waals surface area (Å²) in [6.45, 7) is 3.77. The molecule has 0 amide bonds. The fourth-order valence-electron chi connectivity index (χ4n) is 4.56. The zero-order valence-electron chi connectivity index (χ0n) is 22.0. The second kappa shape index (κ2) is 13.5. The molecule has 0 bridgehead atoms. The number of rotatable bonds is 9. The lowest BCUT2D eigenvalue weighted by molar-refractivity contribution is 0.221. The van der Waals surface area contributed by atoms with E-state index in [1.807, 2.05) is 78.9 Å². The Balaban J connectivity index is 0.00000353. The highest BCUT2D eigenvalue weighted by Gasteiger charge is 2.23. The third-order valence-corrected chi connectivity index (χ3v) is 7.25. The number of ether oxygens (including phenoxy) is 1. The number of halogens is 3. The normalized spacial score (nSPS) is 15.3. The van der Waals surface area contributed by atoms with Gasteiger partial charge in [0.15, 0.2) is 0 Å². The van der Waals surface area contributed by atoms with Crippen LogP contribution in [0.15, 0.2) is 78.9 Å². The van der Waals surface area contributed by atoms with Gasteiger partial charge in [0, 0.05) is 52.1 Å². The van der Waals surface area contributed by atoms with Gasteiger partial charge in [-0.25, -0.2) is 9.97 Å². The third-order valence-electron chi connectivity index (χ3n) is 6.75. The molecule has 5 rings (SSSR count). The summed E-state index contributed by atoms with van der Waals surface area (Å²) in [6, 6.07) is 25.8. The van der Waals surface area contributed by atoms with Crippen molar-refractivity contribution in [2.75, 3.05) is 45.7 Å².